The van der Waals surface area contributed by atoms with Crippen molar-refractivity contribution in [1.29, 1.82) is 0 Å². The molecule has 0 radical (unpaired) electrons. The highest BCUT2D eigenvalue weighted by Crippen LogP contribution is 2.20. The van der Waals surface area contributed by atoms with E-state index in [2.05, 4.69) is 29.4 Å². The second-order valence-corrected chi connectivity index (χ2v) is 9.51. The lowest BCUT2D eigenvalue weighted by molar-refractivity contribution is -0.886. The Morgan fingerprint density at radius 1 is 1.13 bits per heavy atom. The van der Waals surface area contributed by atoms with Crippen molar-refractivity contribution >= 4 is 16.9 Å². The number of hydrogen-bond acceptors (Lipinski definition) is 2. The third-order valence-corrected chi connectivity index (χ3v) is 7.26. The van der Waals surface area contributed by atoms with Gasteiger partial charge in [0.1, 0.15) is 0 Å². The van der Waals surface area contributed by atoms with E-state index in [1.807, 2.05) is 17.9 Å². The van der Waals surface area contributed by atoms with Crippen LogP contribution in [0.15, 0.2) is 23.0 Å². The van der Waals surface area contributed by atoms with Gasteiger partial charge in [0.2, 0.25) is 0 Å². The molecule has 2 aromatic rings. The van der Waals surface area contributed by atoms with E-state index in [0.29, 0.717) is 18.7 Å². The van der Waals surface area contributed by atoms with Gasteiger partial charge in [0.05, 0.1) is 38.2 Å². The molecule has 1 aromatic carbocycles. The molecule has 1 saturated heterocycles. The second-order valence-electron chi connectivity index (χ2n) is 9.51. The van der Waals surface area contributed by atoms with Gasteiger partial charge in [-0.1, -0.05) is 31.4 Å². The van der Waals surface area contributed by atoms with Crippen LogP contribution in [-0.4, -0.2) is 48.1 Å². The highest BCUT2D eigenvalue weighted by molar-refractivity contribution is 5.83. The van der Waals surface area contributed by atoms with Crippen molar-refractivity contribution in [1.82, 2.24) is 15.2 Å². The number of carbonyl (C=O) groups is 1. The van der Waals surface area contributed by atoms with Crippen LogP contribution in [0.1, 0.15) is 61.6 Å². The standard InChI is InChI=1S/C25H36N4O2/c1-18-10-11-20-16-21(24(30)27-23(20)19(18)2)17-29(15-14-28-12-6-7-13-28)25(31)26-22-8-4-3-5-9-22/h10-11,16,22H,3-9,12-15,17H2,1-2H3,(H,26,31)(H,27,30)/p+1. The maximum absolute atomic E-state index is 13.2. The molecule has 168 valence electrons. The molecule has 2 fully saturated rings. The van der Waals surface area contributed by atoms with Crippen LogP contribution in [0.4, 0.5) is 4.79 Å². The maximum Gasteiger partial charge on any atom is 0.318 e. The van der Waals surface area contributed by atoms with Crippen molar-refractivity contribution in [2.75, 3.05) is 26.2 Å². The van der Waals surface area contributed by atoms with Gasteiger partial charge in [-0.05, 0) is 49.3 Å². The number of nitrogens with zero attached hydrogens (tertiary/aromatic N) is 1. The first-order chi connectivity index (χ1) is 15.0. The Morgan fingerprint density at radius 2 is 1.87 bits per heavy atom. The molecule has 1 aromatic heterocycles. The quantitative estimate of drug-likeness (QED) is 0.666. The number of pyridine rings is 1. The molecule has 2 amide bonds. The van der Waals surface area contributed by atoms with Crippen LogP contribution in [0.3, 0.4) is 0 Å². The molecule has 0 spiro atoms. The lowest BCUT2D eigenvalue weighted by Gasteiger charge is -2.29. The van der Waals surface area contributed by atoms with Crippen LogP contribution in [0.2, 0.25) is 0 Å². The van der Waals surface area contributed by atoms with Gasteiger partial charge in [-0.15, -0.1) is 0 Å². The van der Waals surface area contributed by atoms with Crippen LogP contribution in [0, 0.1) is 13.8 Å². The predicted molar refractivity (Wildman–Crippen MR) is 125 cm³/mol. The minimum atomic E-state index is -0.0924. The van der Waals surface area contributed by atoms with Gasteiger partial charge in [-0.2, -0.15) is 0 Å². The number of H-pyrrole nitrogens is 1. The number of benzene rings is 1. The summed E-state index contributed by atoms with van der Waals surface area (Å²) in [5.41, 5.74) is 3.73. The van der Waals surface area contributed by atoms with Gasteiger partial charge in [0.15, 0.2) is 0 Å². The Labute approximate surface area is 185 Å². The van der Waals surface area contributed by atoms with Crippen molar-refractivity contribution in [3.63, 3.8) is 0 Å². The zero-order valence-electron chi connectivity index (χ0n) is 19.1. The van der Waals surface area contributed by atoms with E-state index < -0.39 is 0 Å². The summed E-state index contributed by atoms with van der Waals surface area (Å²) in [5.74, 6) is 0. The predicted octanol–water partition coefficient (Wildman–Crippen LogP) is 2.67. The summed E-state index contributed by atoms with van der Waals surface area (Å²) in [7, 11) is 0. The summed E-state index contributed by atoms with van der Waals surface area (Å²) < 4.78 is 0. The maximum atomic E-state index is 13.2. The molecule has 1 aliphatic carbocycles. The number of rotatable bonds is 6. The smallest absolute Gasteiger partial charge is 0.318 e. The van der Waals surface area contributed by atoms with Crippen LogP contribution in [-0.2, 0) is 6.54 Å². The fraction of sp³-hybridized carbons (Fsp3) is 0.600. The first-order valence-corrected chi connectivity index (χ1v) is 12.0. The molecule has 0 bridgehead atoms. The number of quaternary nitrogens is 1. The zero-order valence-corrected chi connectivity index (χ0v) is 19.1. The van der Waals surface area contributed by atoms with Crippen molar-refractivity contribution in [2.24, 2.45) is 0 Å². The Morgan fingerprint density at radius 3 is 2.61 bits per heavy atom. The summed E-state index contributed by atoms with van der Waals surface area (Å²) in [6.07, 6.45) is 8.30. The van der Waals surface area contributed by atoms with Crippen molar-refractivity contribution in [2.45, 2.75) is 71.4 Å². The monoisotopic (exact) mass is 425 g/mol. The fourth-order valence-corrected chi connectivity index (χ4v) is 5.08. The Balaban J connectivity index is 1.53. The molecule has 4 rings (SSSR count). The van der Waals surface area contributed by atoms with E-state index in [-0.39, 0.29) is 17.6 Å². The van der Waals surface area contributed by atoms with E-state index in [0.717, 1.165) is 41.4 Å². The first-order valence-electron chi connectivity index (χ1n) is 12.0. The van der Waals surface area contributed by atoms with Crippen molar-refractivity contribution in [3.8, 4) is 0 Å². The van der Waals surface area contributed by atoms with Crippen LogP contribution < -0.4 is 15.8 Å². The number of amides is 2. The number of aryl methyl sites for hydroxylation is 2. The first kappa shape index (κ1) is 21.9. The number of likely N-dealkylation sites (tertiary alicyclic amines) is 1. The van der Waals surface area contributed by atoms with E-state index in [1.54, 1.807) is 4.90 Å². The number of fused-ring (bicyclic) bond motifs is 1. The summed E-state index contributed by atoms with van der Waals surface area (Å²) in [5, 5.41) is 4.28. The lowest BCUT2D eigenvalue weighted by Crippen LogP contribution is -3.10. The minimum Gasteiger partial charge on any atom is -0.335 e. The molecule has 31 heavy (non-hydrogen) atoms. The van der Waals surface area contributed by atoms with E-state index in [4.69, 9.17) is 0 Å². The zero-order chi connectivity index (χ0) is 21.8. The third-order valence-electron chi connectivity index (χ3n) is 7.26. The Bertz CT molecular complexity index is 971. The van der Waals surface area contributed by atoms with Crippen LogP contribution in [0.25, 0.3) is 10.9 Å². The highest BCUT2D eigenvalue weighted by Gasteiger charge is 2.23. The Kier molecular flexibility index (Phi) is 6.96. The van der Waals surface area contributed by atoms with Gasteiger partial charge < -0.3 is 20.1 Å². The summed E-state index contributed by atoms with van der Waals surface area (Å²) in [6.45, 7) is 8.44. The molecular weight excluding hydrogens is 388 g/mol. The number of urea groups is 1. The number of nitrogens with one attached hydrogen (secondary N) is 3. The molecule has 2 aliphatic rings. The number of carbonyl (C=O) groups excluding carboxylic acids is 1. The van der Waals surface area contributed by atoms with E-state index in [9.17, 15) is 9.59 Å². The molecule has 6 heteroatoms. The summed E-state index contributed by atoms with van der Waals surface area (Å²) in [4.78, 5) is 32.6. The molecule has 1 saturated carbocycles. The van der Waals surface area contributed by atoms with Crippen molar-refractivity contribution < 1.29 is 9.69 Å². The highest BCUT2D eigenvalue weighted by atomic mass is 16.2. The average Bonchev–Trinajstić information content (AvgIpc) is 3.29. The second kappa shape index (κ2) is 9.86. The average molecular weight is 426 g/mol. The topological polar surface area (TPSA) is 69.6 Å². The van der Waals surface area contributed by atoms with Gasteiger partial charge in [0, 0.05) is 24.4 Å². The molecule has 1 aliphatic heterocycles. The molecule has 0 unspecified atom stereocenters. The van der Waals surface area contributed by atoms with Crippen LogP contribution in [0.5, 0.6) is 0 Å². The van der Waals surface area contributed by atoms with Gasteiger partial charge >= 0.3 is 6.03 Å². The molecule has 0 atom stereocenters. The van der Waals surface area contributed by atoms with Gasteiger partial charge in [-0.3, -0.25) is 4.79 Å². The number of hydrogen-bond donors (Lipinski definition) is 3. The largest absolute Gasteiger partial charge is 0.335 e. The van der Waals surface area contributed by atoms with Crippen LogP contribution >= 0.6 is 0 Å². The van der Waals surface area contributed by atoms with E-state index in [1.165, 1.54) is 45.2 Å². The fourth-order valence-electron chi connectivity index (χ4n) is 5.08. The molecule has 3 N–H and O–H groups in total. The SMILES string of the molecule is Cc1ccc2cc(CN(CC[NH+]3CCCC3)C(=O)NC3CCCCC3)c(=O)[nH]c2c1C. The lowest BCUT2D eigenvalue weighted by atomic mass is 9.96. The Hall–Kier alpha value is -2.34. The number of aromatic amines is 1. The minimum absolute atomic E-state index is 0.0231. The van der Waals surface area contributed by atoms with E-state index >= 15 is 0 Å². The van der Waals surface area contributed by atoms with Gasteiger partial charge in [-0.25, -0.2) is 4.79 Å². The van der Waals surface area contributed by atoms with Crippen molar-refractivity contribution in [3.05, 3.63) is 45.2 Å². The third kappa shape index (κ3) is 5.29. The summed E-state index contributed by atoms with van der Waals surface area (Å²) in [6, 6.07) is 6.35. The normalized spacial score (nSPS) is 17.9. The summed E-state index contributed by atoms with van der Waals surface area (Å²) >= 11 is 0. The molecule has 6 nitrogen and oxygen atoms in total. The molecule has 2 heterocycles. The van der Waals surface area contributed by atoms with Gasteiger partial charge in [0.25, 0.3) is 5.56 Å². The number of aromatic nitrogens is 1. The molecular formula is C25H37N4O2+.